The molecule has 0 spiro atoms. The maximum absolute atomic E-state index is 12.5. The Kier molecular flexibility index (Phi) is 3.95. The molecule has 104 valence electrons. The number of hydrogen-bond donors (Lipinski definition) is 1. The lowest BCUT2D eigenvalue weighted by molar-refractivity contribution is 0.0655. The number of nitrogens with zero attached hydrogens (tertiary/aromatic N) is 1. The Bertz CT molecular complexity index is 445. The summed E-state index contributed by atoms with van der Waals surface area (Å²) in [6.45, 7) is 11.2. The molecule has 1 saturated heterocycles. The summed E-state index contributed by atoms with van der Waals surface area (Å²) < 4.78 is 0. The molecule has 1 fully saturated rings. The molecule has 3 heteroatoms. The average Bonchev–Trinajstić information content (AvgIpc) is 2.38. The van der Waals surface area contributed by atoms with E-state index in [0.717, 1.165) is 25.2 Å². The first kappa shape index (κ1) is 14.1. The van der Waals surface area contributed by atoms with Gasteiger partial charge in [-0.15, -0.1) is 0 Å². The van der Waals surface area contributed by atoms with E-state index < -0.39 is 0 Å². The Morgan fingerprint density at radius 1 is 1.26 bits per heavy atom. The summed E-state index contributed by atoms with van der Waals surface area (Å²) >= 11 is 0. The van der Waals surface area contributed by atoms with Gasteiger partial charge in [0.1, 0.15) is 0 Å². The van der Waals surface area contributed by atoms with Crippen LogP contribution in [0.25, 0.3) is 0 Å². The summed E-state index contributed by atoms with van der Waals surface area (Å²) in [5.41, 5.74) is 2.18. The van der Waals surface area contributed by atoms with Crippen molar-refractivity contribution in [2.75, 3.05) is 19.6 Å². The van der Waals surface area contributed by atoms with E-state index in [-0.39, 0.29) is 17.4 Å². The highest BCUT2D eigenvalue weighted by atomic mass is 16.2. The molecule has 0 bridgehead atoms. The lowest BCUT2D eigenvalue weighted by Crippen LogP contribution is -2.52. The minimum Gasteiger partial charge on any atom is -0.333 e. The number of carbonyl (C=O) groups is 1. The van der Waals surface area contributed by atoms with E-state index in [9.17, 15) is 4.79 Å². The zero-order valence-corrected chi connectivity index (χ0v) is 12.4. The average molecular weight is 260 g/mol. The van der Waals surface area contributed by atoms with Gasteiger partial charge in [0, 0.05) is 31.2 Å². The monoisotopic (exact) mass is 260 g/mol. The van der Waals surface area contributed by atoms with Gasteiger partial charge in [0.2, 0.25) is 0 Å². The molecule has 1 atom stereocenters. The molecule has 1 aliphatic rings. The van der Waals surface area contributed by atoms with Gasteiger partial charge in [0.25, 0.3) is 5.91 Å². The van der Waals surface area contributed by atoms with Crippen molar-refractivity contribution >= 4 is 5.91 Å². The van der Waals surface area contributed by atoms with Crippen LogP contribution in [0.1, 0.15) is 43.6 Å². The van der Waals surface area contributed by atoms with Crippen LogP contribution in [-0.4, -0.2) is 36.5 Å². The maximum Gasteiger partial charge on any atom is 0.254 e. The van der Waals surface area contributed by atoms with Crippen LogP contribution in [-0.2, 0) is 5.41 Å². The Hall–Kier alpha value is -1.35. The third-order valence-corrected chi connectivity index (χ3v) is 3.76. The van der Waals surface area contributed by atoms with E-state index in [1.165, 1.54) is 5.56 Å². The maximum atomic E-state index is 12.5. The van der Waals surface area contributed by atoms with Gasteiger partial charge in [0.15, 0.2) is 0 Å². The van der Waals surface area contributed by atoms with Crippen molar-refractivity contribution in [3.63, 3.8) is 0 Å². The fourth-order valence-corrected chi connectivity index (χ4v) is 2.42. The number of amides is 1. The second-order valence-corrected chi connectivity index (χ2v) is 6.38. The predicted octanol–water partition coefficient (Wildman–Crippen LogP) is 2.42. The van der Waals surface area contributed by atoms with E-state index in [4.69, 9.17) is 0 Å². The number of carbonyl (C=O) groups excluding carboxylic acids is 1. The Labute approximate surface area is 116 Å². The summed E-state index contributed by atoms with van der Waals surface area (Å²) in [5.74, 6) is 0.148. The fourth-order valence-electron chi connectivity index (χ4n) is 2.42. The van der Waals surface area contributed by atoms with Crippen LogP contribution in [0.3, 0.4) is 0 Å². The quantitative estimate of drug-likeness (QED) is 0.841. The third kappa shape index (κ3) is 3.16. The van der Waals surface area contributed by atoms with Crippen LogP contribution >= 0.6 is 0 Å². The smallest absolute Gasteiger partial charge is 0.254 e. The molecular formula is C16H24N2O. The molecule has 1 N–H and O–H groups in total. The normalized spacial score (nSPS) is 20.4. The molecule has 0 aromatic heterocycles. The van der Waals surface area contributed by atoms with Crippen molar-refractivity contribution in [2.24, 2.45) is 0 Å². The van der Waals surface area contributed by atoms with Crippen molar-refractivity contribution in [3.8, 4) is 0 Å². The summed E-state index contributed by atoms with van der Waals surface area (Å²) in [7, 11) is 0. The van der Waals surface area contributed by atoms with Crippen molar-refractivity contribution in [1.29, 1.82) is 0 Å². The van der Waals surface area contributed by atoms with Crippen molar-refractivity contribution < 1.29 is 4.79 Å². The van der Waals surface area contributed by atoms with E-state index in [0.29, 0.717) is 0 Å². The first-order valence-electron chi connectivity index (χ1n) is 7.02. The largest absolute Gasteiger partial charge is 0.333 e. The molecular weight excluding hydrogens is 236 g/mol. The Balaban J connectivity index is 2.15. The molecule has 1 aromatic rings. The zero-order valence-electron chi connectivity index (χ0n) is 12.4. The first-order valence-corrected chi connectivity index (χ1v) is 7.02. The van der Waals surface area contributed by atoms with Gasteiger partial charge >= 0.3 is 0 Å². The van der Waals surface area contributed by atoms with Gasteiger partial charge in [-0.25, -0.2) is 0 Å². The van der Waals surface area contributed by atoms with Crippen LogP contribution in [0.5, 0.6) is 0 Å². The minimum absolute atomic E-state index is 0.129. The minimum atomic E-state index is 0.129. The van der Waals surface area contributed by atoms with Gasteiger partial charge < -0.3 is 10.2 Å². The molecule has 19 heavy (non-hydrogen) atoms. The number of benzene rings is 1. The van der Waals surface area contributed by atoms with Crippen LogP contribution in [0.2, 0.25) is 0 Å². The molecule has 1 amide bonds. The first-order chi connectivity index (χ1) is 8.89. The zero-order chi connectivity index (χ0) is 14.0. The van der Waals surface area contributed by atoms with Crippen molar-refractivity contribution in [2.45, 2.75) is 39.2 Å². The molecule has 0 aliphatic carbocycles. The molecule has 0 saturated carbocycles. The topological polar surface area (TPSA) is 32.3 Å². The lowest BCUT2D eigenvalue weighted by Gasteiger charge is -2.34. The summed E-state index contributed by atoms with van der Waals surface area (Å²) in [6, 6.07) is 8.32. The molecule has 2 rings (SSSR count). The predicted molar refractivity (Wildman–Crippen MR) is 78.5 cm³/mol. The van der Waals surface area contributed by atoms with Gasteiger partial charge in [-0.3, -0.25) is 4.79 Å². The van der Waals surface area contributed by atoms with Gasteiger partial charge in [0.05, 0.1) is 0 Å². The van der Waals surface area contributed by atoms with Crippen molar-refractivity contribution in [3.05, 3.63) is 35.4 Å². The number of hydrogen-bond acceptors (Lipinski definition) is 2. The highest BCUT2D eigenvalue weighted by Gasteiger charge is 2.24. The second kappa shape index (κ2) is 5.33. The third-order valence-electron chi connectivity index (χ3n) is 3.76. The van der Waals surface area contributed by atoms with E-state index in [1.807, 2.05) is 17.0 Å². The highest BCUT2D eigenvalue weighted by molar-refractivity contribution is 5.94. The van der Waals surface area contributed by atoms with E-state index in [2.05, 4.69) is 45.1 Å². The number of rotatable bonds is 1. The molecule has 1 heterocycles. The van der Waals surface area contributed by atoms with Gasteiger partial charge in [-0.05, 0) is 30.0 Å². The Morgan fingerprint density at radius 2 is 1.89 bits per heavy atom. The summed E-state index contributed by atoms with van der Waals surface area (Å²) in [6.07, 6.45) is 0. The number of piperazine rings is 1. The molecule has 1 aliphatic heterocycles. The molecule has 0 radical (unpaired) electrons. The fraction of sp³-hybridized carbons (Fsp3) is 0.562. The van der Waals surface area contributed by atoms with E-state index >= 15 is 0 Å². The van der Waals surface area contributed by atoms with Crippen molar-refractivity contribution in [1.82, 2.24) is 10.2 Å². The van der Waals surface area contributed by atoms with Gasteiger partial charge in [-0.2, -0.15) is 0 Å². The van der Waals surface area contributed by atoms with Crippen LogP contribution in [0.15, 0.2) is 24.3 Å². The summed E-state index contributed by atoms with van der Waals surface area (Å²) in [5, 5.41) is 3.31. The van der Waals surface area contributed by atoms with Gasteiger partial charge in [-0.1, -0.05) is 32.9 Å². The number of nitrogens with one attached hydrogen (secondary N) is 1. The molecule has 1 aromatic carbocycles. The lowest BCUT2D eigenvalue weighted by atomic mass is 9.86. The Morgan fingerprint density at radius 3 is 2.42 bits per heavy atom. The van der Waals surface area contributed by atoms with E-state index in [1.54, 1.807) is 0 Å². The standard InChI is InChI=1S/C16H24N2O/c1-12-11-17-9-10-18(12)15(19)13-5-7-14(8-6-13)16(2,3)4/h5-8,12,17H,9-11H2,1-4H3/t12-/m1/s1. The highest BCUT2D eigenvalue weighted by Crippen LogP contribution is 2.22. The molecule has 3 nitrogen and oxygen atoms in total. The van der Waals surface area contributed by atoms with Crippen LogP contribution in [0, 0.1) is 0 Å². The second-order valence-electron chi connectivity index (χ2n) is 6.38. The SMILES string of the molecule is C[C@@H]1CNCCN1C(=O)c1ccc(C(C)(C)C)cc1. The molecule has 0 unspecified atom stereocenters. The van der Waals surface area contributed by atoms with Crippen LogP contribution in [0.4, 0.5) is 0 Å². The summed E-state index contributed by atoms with van der Waals surface area (Å²) in [4.78, 5) is 14.4. The van der Waals surface area contributed by atoms with Crippen LogP contribution < -0.4 is 5.32 Å².